The highest BCUT2D eigenvalue weighted by Crippen LogP contribution is 2.29. The molecule has 1 N–H and O–H groups in total. The van der Waals surface area contributed by atoms with Gasteiger partial charge in [-0.2, -0.15) is 0 Å². The number of rotatable bonds is 13. The molecule has 4 aromatic rings. The Morgan fingerprint density at radius 1 is 1.00 bits per heavy atom. The second kappa shape index (κ2) is 13.5. The molecule has 0 aliphatic heterocycles. The molecule has 2 aromatic carbocycles. The fourth-order valence-electron chi connectivity index (χ4n) is 4.54. The van der Waals surface area contributed by atoms with Crippen molar-refractivity contribution in [2.75, 3.05) is 27.3 Å². The summed E-state index contributed by atoms with van der Waals surface area (Å²) in [6.45, 7) is 4.95. The Kier molecular flexibility index (Phi) is 9.66. The molecule has 40 heavy (non-hydrogen) atoms. The Bertz CT molecular complexity index is 1420. The third kappa shape index (κ3) is 6.93. The van der Waals surface area contributed by atoms with E-state index >= 15 is 0 Å². The minimum Gasteiger partial charge on any atom is -0.493 e. The molecule has 2 aromatic heterocycles. The van der Waals surface area contributed by atoms with E-state index in [4.69, 9.17) is 9.47 Å². The third-order valence-electron chi connectivity index (χ3n) is 6.72. The van der Waals surface area contributed by atoms with Crippen LogP contribution < -0.4 is 14.8 Å². The molecule has 0 saturated carbocycles. The molecule has 0 fully saturated rings. The monoisotopic (exact) mass is 544 g/mol. The van der Waals surface area contributed by atoms with Gasteiger partial charge in [-0.1, -0.05) is 37.3 Å². The van der Waals surface area contributed by atoms with Gasteiger partial charge in [0.15, 0.2) is 11.5 Å². The lowest BCUT2D eigenvalue weighted by Gasteiger charge is -2.31. The molecule has 1 atom stereocenters. The number of ether oxygens (including phenoxy) is 2. The lowest BCUT2D eigenvalue weighted by molar-refractivity contribution is -0.141. The van der Waals surface area contributed by atoms with Crippen molar-refractivity contribution in [3.8, 4) is 11.5 Å². The van der Waals surface area contributed by atoms with Gasteiger partial charge in [0.1, 0.15) is 18.1 Å². The van der Waals surface area contributed by atoms with E-state index in [0.717, 1.165) is 17.5 Å². The Morgan fingerprint density at radius 2 is 1.75 bits per heavy atom. The van der Waals surface area contributed by atoms with Crippen LogP contribution in [0.1, 0.15) is 37.4 Å². The molecule has 0 spiro atoms. The molecule has 0 aliphatic rings. The first kappa shape index (κ1) is 28.5. The van der Waals surface area contributed by atoms with Crippen molar-refractivity contribution in [3.63, 3.8) is 0 Å². The number of methoxy groups -OCH3 is 2. The van der Waals surface area contributed by atoms with Gasteiger partial charge in [0, 0.05) is 25.5 Å². The second-order valence-corrected chi connectivity index (χ2v) is 9.92. The molecule has 2 heterocycles. The summed E-state index contributed by atoms with van der Waals surface area (Å²) in [6, 6.07) is 15.8. The maximum absolute atomic E-state index is 14.0. The van der Waals surface area contributed by atoms with Crippen LogP contribution in [0.4, 0.5) is 0 Å². The van der Waals surface area contributed by atoms with Gasteiger partial charge in [0.2, 0.25) is 11.8 Å². The number of nitrogens with one attached hydrogen (secondary N) is 1. The minimum atomic E-state index is -0.849. The van der Waals surface area contributed by atoms with Crippen LogP contribution in [0.5, 0.6) is 11.5 Å². The predicted octanol–water partition coefficient (Wildman–Crippen LogP) is 3.82. The number of benzene rings is 2. The van der Waals surface area contributed by atoms with Crippen molar-refractivity contribution in [2.45, 2.75) is 39.3 Å². The maximum Gasteiger partial charge on any atom is 0.247 e. The molecule has 0 saturated heterocycles. The Labute approximate surface area is 234 Å². The van der Waals surface area contributed by atoms with Gasteiger partial charge in [0.25, 0.3) is 0 Å². The Morgan fingerprint density at radius 3 is 2.48 bits per heavy atom. The van der Waals surface area contributed by atoms with Crippen LogP contribution in [0.2, 0.25) is 0 Å². The largest absolute Gasteiger partial charge is 0.493 e. The first-order valence-corrected chi connectivity index (χ1v) is 13.4. The first-order valence-electron chi connectivity index (χ1n) is 13.4. The molecule has 0 unspecified atom stereocenters. The van der Waals surface area contributed by atoms with Crippen LogP contribution in [-0.2, 0) is 22.6 Å². The lowest BCUT2D eigenvalue weighted by Crippen LogP contribution is -2.46. The molecular weight excluding hydrogens is 508 g/mol. The van der Waals surface area contributed by atoms with Gasteiger partial charge in [-0.15, -0.1) is 5.10 Å². The van der Waals surface area contributed by atoms with Crippen LogP contribution in [0.25, 0.3) is 11.0 Å². The standard InChI is InChI=1S/C30H36N6O4/c1-21(2)11-17-32-30(38)29(23-12-15-31-16-13-23)35(18-14-22-9-10-26(39-3)27(19-22)40-4)28(37)20-36-25-8-6-5-7-24(25)33-34-36/h5-10,12-13,15-16,19,21,29H,11,14,17-18,20H2,1-4H3,(H,32,38)/t29-/m1/s1. The number of fused-ring (bicyclic) bond motifs is 1. The van der Waals surface area contributed by atoms with E-state index in [0.29, 0.717) is 41.5 Å². The molecule has 10 heteroatoms. The highest BCUT2D eigenvalue weighted by molar-refractivity contribution is 5.89. The van der Waals surface area contributed by atoms with Crippen molar-refractivity contribution in [3.05, 3.63) is 78.1 Å². The number of nitrogens with zero attached hydrogens (tertiary/aromatic N) is 5. The fourth-order valence-corrected chi connectivity index (χ4v) is 4.54. The SMILES string of the molecule is COc1ccc(CCN(C(=O)Cn2nnc3ccccc32)[C@@H](C(=O)NCCC(C)C)c2ccncc2)cc1OC. The summed E-state index contributed by atoms with van der Waals surface area (Å²) in [5, 5.41) is 11.4. The molecule has 0 radical (unpaired) electrons. The smallest absolute Gasteiger partial charge is 0.247 e. The van der Waals surface area contributed by atoms with Gasteiger partial charge >= 0.3 is 0 Å². The fraction of sp³-hybridized carbons (Fsp3) is 0.367. The zero-order valence-electron chi connectivity index (χ0n) is 23.4. The Hall–Kier alpha value is -4.47. The van der Waals surface area contributed by atoms with E-state index in [-0.39, 0.29) is 24.9 Å². The van der Waals surface area contributed by atoms with Crippen LogP contribution in [0, 0.1) is 5.92 Å². The summed E-state index contributed by atoms with van der Waals surface area (Å²) in [5.74, 6) is 1.16. The molecule has 4 rings (SSSR count). The third-order valence-corrected chi connectivity index (χ3v) is 6.72. The number of pyridine rings is 1. The summed E-state index contributed by atoms with van der Waals surface area (Å²) in [7, 11) is 3.17. The molecule has 2 amide bonds. The highest BCUT2D eigenvalue weighted by Gasteiger charge is 2.32. The van der Waals surface area contributed by atoms with Gasteiger partial charge in [-0.05, 0) is 66.3 Å². The molecule has 210 valence electrons. The molecule has 0 aliphatic carbocycles. The summed E-state index contributed by atoms with van der Waals surface area (Å²) in [5.41, 5.74) is 3.07. The summed E-state index contributed by atoms with van der Waals surface area (Å²) in [4.78, 5) is 33.4. The van der Waals surface area contributed by atoms with Gasteiger partial charge in [-0.3, -0.25) is 14.6 Å². The average Bonchev–Trinajstić information content (AvgIpc) is 3.37. The summed E-state index contributed by atoms with van der Waals surface area (Å²) >= 11 is 0. The zero-order valence-corrected chi connectivity index (χ0v) is 23.4. The predicted molar refractivity (Wildman–Crippen MR) is 152 cm³/mol. The van der Waals surface area contributed by atoms with Crippen molar-refractivity contribution >= 4 is 22.8 Å². The van der Waals surface area contributed by atoms with Gasteiger partial charge in [-0.25, -0.2) is 4.68 Å². The quantitative estimate of drug-likeness (QED) is 0.272. The van der Waals surface area contributed by atoms with Crippen LogP contribution in [-0.4, -0.2) is 64.0 Å². The van der Waals surface area contributed by atoms with Crippen molar-refractivity contribution in [1.29, 1.82) is 0 Å². The topological polar surface area (TPSA) is 111 Å². The van der Waals surface area contributed by atoms with E-state index in [1.807, 2.05) is 42.5 Å². The average molecular weight is 545 g/mol. The second-order valence-electron chi connectivity index (χ2n) is 9.92. The van der Waals surface area contributed by atoms with Crippen molar-refractivity contribution in [2.24, 2.45) is 5.92 Å². The lowest BCUT2D eigenvalue weighted by atomic mass is 10.0. The summed E-state index contributed by atoms with van der Waals surface area (Å²) in [6.07, 6.45) is 4.59. The van der Waals surface area contributed by atoms with E-state index in [1.165, 1.54) is 0 Å². The van der Waals surface area contributed by atoms with Crippen molar-refractivity contribution in [1.82, 2.24) is 30.2 Å². The van der Waals surface area contributed by atoms with E-state index in [2.05, 4.69) is 34.5 Å². The zero-order chi connectivity index (χ0) is 28.5. The Balaban J connectivity index is 1.67. The molecule has 0 bridgehead atoms. The van der Waals surface area contributed by atoms with E-state index < -0.39 is 6.04 Å². The van der Waals surface area contributed by atoms with Gasteiger partial charge < -0.3 is 19.7 Å². The van der Waals surface area contributed by atoms with Crippen LogP contribution >= 0.6 is 0 Å². The van der Waals surface area contributed by atoms with Crippen LogP contribution in [0.3, 0.4) is 0 Å². The summed E-state index contributed by atoms with van der Waals surface area (Å²) < 4.78 is 12.4. The molecular formula is C30H36N6O4. The number of hydrogen-bond acceptors (Lipinski definition) is 7. The number of amides is 2. The minimum absolute atomic E-state index is 0.0622. The number of carbonyl (C=O) groups is 2. The number of carbonyl (C=O) groups excluding carboxylic acids is 2. The number of para-hydroxylation sites is 1. The first-order chi connectivity index (χ1) is 19.4. The van der Waals surface area contributed by atoms with E-state index in [9.17, 15) is 9.59 Å². The van der Waals surface area contributed by atoms with Crippen LogP contribution in [0.15, 0.2) is 67.0 Å². The van der Waals surface area contributed by atoms with Crippen molar-refractivity contribution < 1.29 is 19.1 Å². The van der Waals surface area contributed by atoms with Gasteiger partial charge in [0.05, 0.1) is 19.7 Å². The number of aromatic nitrogens is 4. The highest BCUT2D eigenvalue weighted by atomic mass is 16.5. The number of hydrogen-bond donors (Lipinski definition) is 1. The maximum atomic E-state index is 14.0. The van der Waals surface area contributed by atoms with E-state index in [1.54, 1.807) is 48.3 Å². The normalized spacial score (nSPS) is 11.8. The molecule has 10 nitrogen and oxygen atoms in total.